The van der Waals surface area contributed by atoms with Crippen molar-refractivity contribution in [3.05, 3.63) is 18.7 Å². The summed E-state index contributed by atoms with van der Waals surface area (Å²) in [7, 11) is 0. The molecule has 6 nitrogen and oxygen atoms in total. The maximum absolute atomic E-state index is 13.3. The highest BCUT2D eigenvalue weighted by Gasteiger charge is 2.52. The molecule has 1 saturated carbocycles. The molecule has 0 N–H and O–H groups in total. The van der Waals surface area contributed by atoms with E-state index in [1.807, 2.05) is 15.7 Å². The van der Waals surface area contributed by atoms with E-state index >= 15 is 0 Å². The van der Waals surface area contributed by atoms with E-state index in [0.717, 1.165) is 64.7 Å². The number of piperidine rings is 1. The molecule has 0 spiro atoms. The number of hydrogen-bond donors (Lipinski definition) is 0. The minimum atomic E-state index is -0.209. The third-order valence-corrected chi connectivity index (χ3v) is 6.14. The van der Waals surface area contributed by atoms with Crippen LogP contribution in [0.5, 0.6) is 0 Å². The molecule has 4 rings (SSSR count). The molecule has 1 aliphatic carbocycles. The zero-order valence-corrected chi connectivity index (χ0v) is 14.9. The Balaban J connectivity index is 1.40. The number of aromatic nitrogens is 2. The fourth-order valence-electron chi connectivity index (χ4n) is 4.44. The molecule has 25 heavy (non-hydrogen) atoms. The molecule has 0 aromatic carbocycles. The lowest BCUT2D eigenvalue weighted by atomic mass is 9.95. The third kappa shape index (κ3) is 3.44. The minimum absolute atomic E-state index is 0.209. The van der Waals surface area contributed by atoms with Gasteiger partial charge in [-0.1, -0.05) is 0 Å². The number of nitrogens with zero attached hydrogens (tertiary/aromatic N) is 4. The van der Waals surface area contributed by atoms with Gasteiger partial charge in [-0.05, 0) is 44.9 Å². The molecule has 2 aliphatic heterocycles. The summed E-state index contributed by atoms with van der Waals surface area (Å²) in [6.45, 7) is 3.33. The van der Waals surface area contributed by atoms with Crippen molar-refractivity contribution >= 4 is 11.8 Å². The molecule has 1 unspecified atom stereocenters. The number of hydrogen-bond acceptors (Lipinski definition) is 3. The van der Waals surface area contributed by atoms with Gasteiger partial charge in [-0.3, -0.25) is 9.59 Å². The summed E-state index contributed by atoms with van der Waals surface area (Å²) in [5.74, 6) is 0.617. The van der Waals surface area contributed by atoms with Crippen molar-refractivity contribution in [1.29, 1.82) is 0 Å². The lowest BCUT2D eigenvalue weighted by Crippen LogP contribution is -2.49. The maximum atomic E-state index is 13.3. The van der Waals surface area contributed by atoms with Crippen molar-refractivity contribution in [2.45, 2.75) is 64.0 Å². The van der Waals surface area contributed by atoms with Crippen LogP contribution in [0.25, 0.3) is 0 Å². The van der Waals surface area contributed by atoms with E-state index in [2.05, 4.69) is 9.88 Å². The first-order chi connectivity index (χ1) is 12.2. The predicted octanol–water partition coefficient (Wildman–Crippen LogP) is 2.06. The van der Waals surface area contributed by atoms with Gasteiger partial charge < -0.3 is 14.4 Å². The summed E-state index contributed by atoms with van der Waals surface area (Å²) in [4.78, 5) is 33.4. The van der Waals surface area contributed by atoms with Gasteiger partial charge in [0.05, 0.1) is 11.7 Å². The topological polar surface area (TPSA) is 58.4 Å². The second-order valence-corrected chi connectivity index (χ2v) is 7.94. The predicted molar refractivity (Wildman–Crippen MR) is 93.7 cm³/mol. The molecule has 0 bridgehead atoms. The van der Waals surface area contributed by atoms with E-state index in [-0.39, 0.29) is 11.3 Å². The Hall–Kier alpha value is -1.85. The fourth-order valence-corrected chi connectivity index (χ4v) is 4.44. The van der Waals surface area contributed by atoms with Gasteiger partial charge in [-0.2, -0.15) is 0 Å². The summed E-state index contributed by atoms with van der Waals surface area (Å²) in [6, 6.07) is 0.301. The van der Waals surface area contributed by atoms with Gasteiger partial charge in [0.2, 0.25) is 11.8 Å². The summed E-state index contributed by atoms with van der Waals surface area (Å²) in [5, 5.41) is 0. The van der Waals surface area contributed by atoms with Crippen LogP contribution < -0.4 is 0 Å². The molecule has 2 amide bonds. The smallest absolute Gasteiger partial charge is 0.230 e. The zero-order valence-electron chi connectivity index (χ0n) is 14.9. The largest absolute Gasteiger partial charge is 0.343 e. The van der Waals surface area contributed by atoms with Crippen LogP contribution in [0.4, 0.5) is 0 Å². The van der Waals surface area contributed by atoms with Crippen LogP contribution >= 0.6 is 0 Å². The van der Waals surface area contributed by atoms with Crippen molar-refractivity contribution in [2.24, 2.45) is 5.41 Å². The maximum Gasteiger partial charge on any atom is 0.230 e. The van der Waals surface area contributed by atoms with Crippen LogP contribution in [0, 0.1) is 5.41 Å². The summed E-state index contributed by atoms with van der Waals surface area (Å²) in [6.07, 6.45) is 13.5. The van der Waals surface area contributed by atoms with Gasteiger partial charge in [0.1, 0.15) is 0 Å². The van der Waals surface area contributed by atoms with E-state index in [9.17, 15) is 9.59 Å². The number of rotatable bonds is 6. The summed E-state index contributed by atoms with van der Waals surface area (Å²) in [5.41, 5.74) is -0.209. The highest BCUT2D eigenvalue weighted by molar-refractivity contribution is 5.85. The van der Waals surface area contributed by atoms with Crippen LogP contribution in [-0.4, -0.2) is 56.8 Å². The van der Waals surface area contributed by atoms with Crippen molar-refractivity contribution in [1.82, 2.24) is 19.4 Å². The van der Waals surface area contributed by atoms with Gasteiger partial charge in [0.15, 0.2) is 0 Å². The summed E-state index contributed by atoms with van der Waals surface area (Å²) < 4.78 is 2.03. The molecule has 3 fully saturated rings. The summed E-state index contributed by atoms with van der Waals surface area (Å²) >= 11 is 0. The monoisotopic (exact) mass is 344 g/mol. The average Bonchev–Trinajstić information content (AvgIpc) is 3.01. The molecule has 1 aromatic heterocycles. The molecule has 1 atom stereocenters. The normalized spacial score (nSPS) is 25.4. The molecule has 136 valence electrons. The average molecular weight is 344 g/mol. The minimum Gasteiger partial charge on any atom is -0.343 e. The third-order valence-electron chi connectivity index (χ3n) is 6.14. The van der Waals surface area contributed by atoms with E-state index in [1.165, 1.54) is 6.42 Å². The second kappa shape index (κ2) is 6.81. The second-order valence-electron chi connectivity index (χ2n) is 7.94. The molecular formula is C19H28N4O2. The number of carbonyl (C=O) groups is 2. The van der Waals surface area contributed by atoms with Crippen molar-refractivity contribution in [2.75, 3.05) is 19.6 Å². The number of imidazole rings is 1. The fraction of sp³-hybridized carbons (Fsp3) is 0.737. The van der Waals surface area contributed by atoms with Crippen LogP contribution in [0.15, 0.2) is 18.7 Å². The highest BCUT2D eigenvalue weighted by Crippen LogP contribution is 2.49. The van der Waals surface area contributed by atoms with Crippen LogP contribution in [0.3, 0.4) is 0 Å². The highest BCUT2D eigenvalue weighted by atomic mass is 16.2. The SMILES string of the molecule is O=C1CCCN1CCC1CCCCN1C(=O)C1(Cn2ccnc2)CC1. The Morgan fingerprint density at radius 3 is 2.80 bits per heavy atom. The molecule has 3 heterocycles. The molecule has 3 aliphatic rings. The van der Waals surface area contributed by atoms with Gasteiger partial charge in [0, 0.05) is 51.0 Å². The first-order valence-electron chi connectivity index (χ1n) is 9.73. The first-order valence-corrected chi connectivity index (χ1v) is 9.73. The van der Waals surface area contributed by atoms with E-state index in [4.69, 9.17) is 0 Å². The molecular weight excluding hydrogens is 316 g/mol. The lowest BCUT2D eigenvalue weighted by molar-refractivity contribution is -0.141. The van der Waals surface area contributed by atoms with Crippen LogP contribution in [0.1, 0.15) is 51.4 Å². The first kappa shape index (κ1) is 16.6. The number of carbonyl (C=O) groups excluding carboxylic acids is 2. The Morgan fingerprint density at radius 2 is 2.12 bits per heavy atom. The van der Waals surface area contributed by atoms with Crippen molar-refractivity contribution < 1.29 is 9.59 Å². The van der Waals surface area contributed by atoms with Crippen LogP contribution in [-0.2, 0) is 16.1 Å². The Morgan fingerprint density at radius 1 is 1.24 bits per heavy atom. The van der Waals surface area contributed by atoms with E-state index in [1.54, 1.807) is 12.5 Å². The Labute approximate surface area is 149 Å². The van der Waals surface area contributed by atoms with E-state index < -0.39 is 0 Å². The Kier molecular flexibility index (Phi) is 4.52. The molecule has 6 heteroatoms. The number of likely N-dealkylation sites (tertiary alicyclic amines) is 2. The Bertz CT molecular complexity index is 623. The van der Waals surface area contributed by atoms with E-state index in [0.29, 0.717) is 18.4 Å². The molecule has 1 aromatic rings. The van der Waals surface area contributed by atoms with Gasteiger partial charge in [0.25, 0.3) is 0 Å². The van der Waals surface area contributed by atoms with Gasteiger partial charge in [-0.15, -0.1) is 0 Å². The zero-order chi connectivity index (χ0) is 17.3. The lowest BCUT2D eigenvalue weighted by Gasteiger charge is -2.39. The molecule has 2 saturated heterocycles. The molecule has 0 radical (unpaired) electrons. The van der Waals surface area contributed by atoms with Gasteiger partial charge in [-0.25, -0.2) is 4.98 Å². The number of amides is 2. The van der Waals surface area contributed by atoms with Crippen molar-refractivity contribution in [3.63, 3.8) is 0 Å². The van der Waals surface area contributed by atoms with Crippen molar-refractivity contribution in [3.8, 4) is 0 Å². The van der Waals surface area contributed by atoms with Crippen LogP contribution in [0.2, 0.25) is 0 Å². The van der Waals surface area contributed by atoms with Gasteiger partial charge >= 0.3 is 0 Å². The quantitative estimate of drug-likeness (QED) is 0.794. The standard InChI is InChI=1S/C19H28N4O2/c24-17-5-3-10-22(17)12-6-16-4-1-2-11-23(16)18(25)19(7-8-19)14-21-13-9-20-15-21/h9,13,15-16H,1-8,10-12,14H2.